The minimum Gasteiger partial charge on any atom is -0.238 e. The molecule has 0 amide bonds. The van der Waals surface area contributed by atoms with Gasteiger partial charge in [-0.3, -0.25) is 0 Å². The van der Waals surface area contributed by atoms with Gasteiger partial charge in [0.15, 0.2) is 0 Å². The standard InChI is InChI=1S/C13H13FN2S/c1-3-11-8-13(16-9(2)15-11)17-12-6-4-5-10(14)7-12/h4-8H,3H2,1-2H3. The normalized spacial score (nSPS) is 10.5. The molecule has 4 heteroatoms. The van der Waals surface area contributed by atoms with Crippen molar-refractivity contribution in [1.82, 2.24) is 9.97 Å². The van der Waals surface area contributed by atoms with Crippen LogP contribution in [-0.4, -0.2) is 9.97 Å². The molecule has 2 rings (SSSR count). The van der Waals surface area contributed by atoms with E-state index in [0.717, 1.165) is 27.9 Å². The average Bonchev–Trinajstić information content (AvgIpc) is 2.28. The summed E-state index contributed by atoms with van der Waals surface area (Å²) in [5.41, 5.74) is 1.01. The van der Waals surface area contributed by atoms with E-state index in [9.17, 15) is 4.39 Å². The van der Waals surface area contributed by atoms with Crippen molar-refractivity contribution in [2.45, 2.75) is 30.2 Å². The highest BCUT2D eigenvalue weighted by molar-refractivity contribution is 7.99. The monoisotopic (exact) mass is 248 g/mol. The van der Waals surface area contributed by atoms with Crippen molar-refractivity contribution in [2.24, 2.45) is 0 Å². The highest BCUT2D eigenvalue weighted by atomic mass is 32.2. The highest BCUT2D eigenvalue weighted by Gasteiger charge is 2.03. The zero-order valence-electron chi connectivity index (χ0n) is 9.77. The van der Waals surface area contributed by atoms with Gasteiger partial charge in [-0.1, -0.05) is 24.8 Å². The second-order valence-corrected chi connectivity index (χ2v) is 4.75. The van der Waals surface area contributed by atoms with Gasteiger partial charge in [0.2, 0.25) is 0 Å². The zero-order valence-corrected chi connectivity index (χ0v) is 10.6. The minimum absolute atomic E-state index is 0.225. The van der Waals surface area contributed by atoms with E-state index in [4.69, 9.17) is 0 Å². The molecule has 1 heterocycles. The predicted octanol–water partition coefficient (Wildman–Crippen LogP) is 3.64. The minimum atomic E-state index is -0.225. The number of rotatable bonds is 3. The van der Waals surface area contributed by atoms with Crippen LogP contribution < -0.4 is 0 Å². The summed E-state index contributed by atoms with van der Waals surface area (Å²) in [7, 11) is 0. The number of hydrogen-bond donors (Lipinski definition) is 0. The van der Waals surface area contributed by atoms with E-state index in [-0.39, 0.29) is 5.82 Å². The summed E-state index contributed by atoms with van der Waals surface area (Å²) in [6, 6.07) is 8.46. The Hall–Kier alpha value is -1.42. The largest absolute Gasteiger partial charge is 0.238 e. The molecule has 0 radical (unpaired) electrons. The maximum Gasteiger partial charge on any atom is 0.126 e. The van der Waals surface area contributed by atoms with Crippen molar-refractivity contribution in [1.29, 1.82) is 0 Å². The zero-order chi connectivity index (χ0) is 12.3. The van der Waals surface area contributed by atoms with E-state index < -0.39 is 0 Å². The van der Waals surface area contributed by atoms with Gasteiger partial charge in [0.1, 0.15) is 16.7 Å². The van der Waals surface area contributed by atoms with Crippen LogP contribution in [0.5, 0.6) is 0 Å². The maximum atomic E-state index is 13.0. The van der Waals surface area contributed by atoms with Crippen LogP contribution in [0.3, 0.4) is 0 Å². The van der Waals surface area contributed by atoms with E-state index in [1.165, 1.54) is 23.9 Å². The summed E-state index contributed by atoms with van der Waals surface area (Å²) >= 11 is 1.45. The Morgan fingerprint density at radius 1 is 1.24 bits per heavy atom. The van der Waals surface area contributed by atoms with Crippen molar-refractivity contribution < 1.29 is 4.39 Å². The lowest BCUT2D eigenvalue weighted by Gasteiger charge is -2.04. The summed E-state index contributed by atoms with van der Waals surface area (Å²) < 4.78 is 13.0. The first kappa shape index (κ1) is 12.0. The predicted molar refractivity (Wildman–Crippen MR) is 66.7 cm³/mol. The van der Waals surface area contributed by atoms with Gasteiger partial charge in [-0.15, -0.1) is 0 Å². The molecule has 0 fully saturated rings. The molecule has 88 valence electrons. The van der Waals surface area contributed by atoms with Crippen LogP contribution in [0, 0.1) is 12.7 Å². The maximum absolute atomic E-state index is 13.0. The van der Waals surface area contributed by atoms with Crippen LogP contribution in [-0.2, 0) is 6.42 Å². The molecule has 0 aliphatic rings. The van der Waals surface area contributed by atoms with Crippen molar-refractivity contribution in [2.75, 3.05) is 0 Å². The van der Waals surface area contributed by atoms with E-state index in [1.807, 2.05) is 19.1 Å². The summed E-state index contributed by atoms with van der Waals surface area (Å²) in [6.07, 6.45) is 0.875. The van der Waals surface area contributed by atoms with Gasteiger partial charge < -0.3 is 0 Å². The Kier molecular flexibility index (Phi) is 3.74. The number of aromatic nitrogens is 2. The number of benzene rings is 1. The van der Waals surface area contributed by atoms with Crippen molar-refractivity contribution >= 4 is 11.8 Å². The number of aryl methyl sites for hydroxylation is 2. The SMILES string of the molecule is CCc1cc(Sc2cccc(F)c2)nc(C)n1. The Bertz CT molecular complexity index is 529. The van der Waals surface area contributed by atoms with Crippen molar-refractivity contribution in [3.05, 3.63) is 47.7 Å². The highest BCUT2D eigenvalue weighted by Crippen LogP contribution is 2.26. The molecule has 1 aromatic heterocycles. The van der Waals surface area contributed by atoms with Crippen LogP contribution in [0.1, 0.15) is 18.4 Å². The quantitative estimate of drug-likeness (QED) is 0.776. The molecule has 2 aromatic rings. The molecule has 0 unspecified atom stereocenters. The van der Waals surface area contributed by atoms with E-state index in [1.54, 1.807) is 6.07 Å². The molecule has 0 N–H and O–H groups in total. The Balaban J connectivity index is 2.26. The number of hydrogen-bond acceptors (Lipinski definition) is 3. The third kappa shape index (κ3) is 3.27. The summed E-state index contributed by atoms with van der Waals surface area (Å²) in [6.45, 7) is 3.92. The molecular weight excluding hydrogens is 235 g/mol. The van der Waals surface area contributed by atoms with Crippen LogP contribution in [0.25, 0.3) is 0 Å². The van der Waals surface area contributed by atoms with Crippen molar-refractivity contribution in [3.63, 3.8) is 0 Å². The van der Waals surface area contributed by atoms with E-state index in [0.29, 0.717) is 0 Å². The molecule has 0 bridgehead atoms. The molecule has 17 heavy (non-hydrogen) atoms. The fourth-order valence-electron chi connectivity index (χ4n) is 1.48. The second-order valence-electron chi connectivity index (χ2n) is 3.66. The molecule has 0 aliphatic heterocycles. The van der Waals surface area contributed by atoms with Gasteiger partial charge in [0.05, 0.1) is 0 Å². The molecule has 0 atom stereocenters. The Morgan fingerprint density at radius 3 is 2.76 bits per heavy atom. The summed E-state index contributed by atoms with van der Waals surface area (Å²) in [4.78, 5) is 9.50. The van der Waals surface area contributed by atoms with Gasteiger partial charge in [0, 0.05) is 10.6 Å². The van der Waals surface area contributed by atoms with E-state index in [2.05, 4.69) is 16.9 Å². The fourth-order valence-corrected chi connectivity index (χ4v) is 2.42. The van der Waals surface area contributed by atoms with Gasteiger partial charge in [-0.2, -0.15) is 0 Å². The lowest BCUT2D eigenvalue weighted by Crippen LogP contribution is -1.95. The topological polar surface area (TPSA) is 25.8 Å². The smallest absolute Gasteiger partial charge is 0.126 e. The Labute approximate surface area is 104 Å². The third-order valence-electron chi connectivity index (χ3n) is 2.25. The number of nitrogens with zero attached hydrogens (tertiary/aromatic N) is 2. The van der Waals surface area contributed by atoms with Crippen LogP contribution in [0.4, 0.5) is 4.39 Å². The molecule has 0 saturated heterocycles. The third-order valence-corrected chi connectivity index (χ3v) is 3.16. The van der Waals surface area contributed by atoms with E-state index >= 15 is 0 Å². The second kappa shape index (κ2) is 5.27. The lowest BCUT2D eigenvalue weighted by molar-refractivity contribution is 0.624. The van der Waals surface area contributed by atoms with Gasteiger partial charge in [-0.25, -0.2) is 14.4 Å². The average molecular weight is 248 g/mol. The molecule has 0 saturated carbocycles. The fraction of sp³-hybridized carbons (Fsp3) is 0.231. The van der Waals surface area contributed by atoms with Gasteiger partial charge >= 0.3 is 0 Å². The molecular formula is C13H13FN2S. The van der Waals surface area contributed by atoms with Crippen LogP contribution >= 0.6 is 11.8 Å². The number of halogens is 1. The van der Waals surface area contributed by atoms with Gasteiger partial charge in [0.25, 0.3) is 0 Å². The first-order valence-corrected chi connectivity index (χ1v) is 6.27. The molecule has 2 nitrogen and oxygen atoms in total. The summed E-state index contributed by atoms with van der Waals surface area (Å²) in [5.74, 6) is 0.528. The lowest BCUT2D eigenvalue weighted by atomic mass is 10.3. The van der Waals surface area contributed by atoms with Gasteiger partial charge in [-0.05, 0) is 37.6 Å². The first-order chi connectivity index (χ1) is 8.17. The first-order valence-electron chi connectivity index (χ1n) is 5.45. The van der Waals surface area contributed by atoms with Crippen LogP contribution in [0.2, 0.25) is 0 Å². The van der Waals surface area contributed by atoms with Crippen LogP contribution in [0.15, 0.2) is 40.3 Å². The summed E-state index contributed by atoms with van der Waals surface area (Å²) in [5, 5.41) is 0.861. The molecule has 0 aliphatic carbocycles. The molecule has 0 spiro atoms. The Morgan fingerprint density at radius 2 is 2.06 bits per heavy atom. The van der Waals surface area contributed by atoms with Crippen molar-refractivity contribution in [3.8, 4) is 0 Å². The molecule has 1 aromatic carbocycles.